The fourth-order valence-corrected chi connectivity index (χ4v) is 2.68. The largest absolute Gasteiger partial charge is 0.484 e. The van der Waals surface area contributed by atoms with Gasteiger partial charge in [0, 0.05) is 17.6 Å². The first-order chi connectivity index (χ1) is 8.11. The third-order valence-corrected chi connectivity index (χ3v) is 3.62. The second-order valence-electron chi connectivity index (χ2n) is 3.08. The van der Waals surface area contributed by atoms with Crippen molar-refractivity contribution in [3.63, 3.8) is 0 Å². The number of methoxy groups -OCH3 is 1. The van der Waals surface area contributed by atoms with E-state index in [0.717, 1.165) is 17.2 Å². The second kappa shape index (κ2) is 7.13. The maximum atomic E-state index is 7.31. The molecule has 6 nitrogen and oxygen atoms in total. The zero-order valence-corrected chi connectivity index (χ0v) is 11.1. The van der Waals surface area contributed by atoms with Crippen LogP contribution in [-0.4, -0.2) is 29.7 Å². The first kappa shape index (κ1) is 13.8. The summed E-state index contributed by atoms with van der Waals surface area (Å²) >= 11 is 3.02. The molecule has 0 amide bonds. The van der Waals surface area contributed by atoms with Crippen molar-refractivity contribution < 1.29 is 4.74 Å². The third kappa shape index (κ3) is 5.55. The number of guanidine groups is 1. The smallest absolute Gasteiger partial charge is 0.213 e. The highest BCUT2D eigenvalue weighted by atomic mass is 32.2. The third-order valence-electron chi connectivity index (χ3n) is 1.74. The van der Waals surface area contributed by atoms with Gasteiger partial charge in [0.15, 0.2) is 11.9 Å². The fraction of sp³-hybridized carbons (Fsp3) is 0.444. The van der Waals surface area contributed by atoms with Gasteiger partial charge < -0.3 is 16.2 Å². The number of aliphatic imine (C=N–C) groups is 1. The number of thioether (sulfide) groups is 1. The van der Waals surface area contributed by atoms with Crippen LogP contribution in [0.5, 0.6) is 0 Å². The average Bonchev–Trinajstić information content (AvgIpc) is 2.70. The Bertz CT molecular complexity index is 400. The molecule has 0 radical (unpaired) electrons. The van der Waals surface area contributed by atoms with E-state index >= 15 is 0 Å². The highest BCUT2D eigenvalue weighted by molar-refractivity contribution is 7.99. The molecule has 0 aliphatic heterocycles. The number of nitrogens with two attached hydrogens (primary N) is 2. The molecule has 1 aromatic rings. The summed E-state index contributed by atoms with van der Waals surface area (Å²) in [5.74, 6) is 1.21. The Morgan fingerprint density at radius 2 is 2.41 bits per heavy atom. The molecule has 0 saturated heterocycles. The van der Waals surface area contributed by atoms with Crippen LogP contribution in [0.15, 0.2) is 15.4 Å². The Morgan fingerprint density at radius 3 is 3.06 bits per heavy atom. The van der Waals surface area contributed by atoms with Crippen LogP contribution in [0.25, 0.3) is 0 Å². The highest BCUT2D eigenvalue weighted by Crippen LogP contribution is 2.26. The molecule has 8 heteroatoms. The van der Waals surface area contributed by atoms with Crippen LogP contribution in [-0.2, 0) is 4.74 Å². The Kier molecular flexibility index (Phi) is 5.78. The molecule has 0 aliphatic carbocycles. The SMILES string of the molecule is COC(=N)CCCSc1csc(N=C(N)N)n1. The zero-order chi connectivity index (χ0) is 12.7. The van der Waals surface area contributed by atoms with Gasteiger partial charge in [-0.3, -0.25) is 5.41 Å². The van der Waals surface area contributed by atoms with E-state index in [4.69, 9.17) is 21.6 Å². The van der Waals surface area contributed by atoms with Crippen LogP contribution in [0, 0.1) is 5.41 Å². The topological polar surface area (TPSA) is 110 Å². The Balaban J connectivity index is 2.30. The van der Waals surface area contributed by atoms with Gasteiger partial charge in [-0.15, -0.1) is 23.1 Å². The molecule has 0 atom stereocenters. The lowest BCUT2D eigenvalue weighted by molar-refractivity contribution is 0.385. The van der Waals surface area contributed by atoms with E-state index in [0.29, 0.717) is 17.5 Å². The Hall–Kier alpha value is -1.28. The number of nitrogens with one attached hydrogen (secondary N) is 1. The van der Waals surface area contributed by atoms with Crippen molar-refractivity contribution in [2.75, 3.05) is 12.9 Å². The minimum absolute atomic E-state index is 0.0180. The molecule has 1 aromatic heterocycles. The van der Waals surface area contributed by atoms with E-state index in [-0.39, 0.29) is 5.96 Å². The van der Waals surface area contributed by atoms with Gasteiger partial charge in [-0.05, 0) is 6.42 Å². The predicted molar refractivity (Wildman–Crippen MR) is 72.3 cm³/mol. The summed E-state index contributed by atoms with van der Waals surface area (Å²) < 4.78 is 4.77. The molecule has 1 heterocycles. The van der Waals surface area contributed by atoms with Crippen LogP contribution >= 0.6 is 23.1 Å². The van der Waals surface area contributed by atoms with Gasteiger partial charge in [-0.1, -0.05) is 0 Å². The van der Waals surface area contributed by atoms with Gasteiger partial charge in [0.2, 0.25) is 5.13 Å². The van der Waals surface area contributed by atoms with Crippen molar-refractivity contribution in [1.82, 2.24) is 4.98 Å². The highest BCUT2D eigenvalue weighted by Gasteiger charge is 2.02. The molecular formula is C9H15N5OS2. The van der Waals surface area contributed by atoms with Crippen LogP contribution in [0.2, 0.25) is 0 Å². The van der Waals surface area contributed by atoms with Gasteiger partial charge in [-0.25, -0.2) is 4.98 Å². The van der Waals surface area contributed by atoms with Crippen LogP contribution in [0.4, 0.5) is 5.13 Å². The molecule has 0 fully saturated rings. The number of nitrogens with zero attached hydrogens (tertiary/aromatic N) is 2. The molecule has 0 aliphatic rings. The second-order valence-corrected chi connectivity index (χ2v) is 5.04. The molecule has 1 rings (SSSR count). The maximum absolute atomic E-state index is 7.31. The Labute approximate surface area is 108 Å². The number of rotatable bonds is 6. The molecule has 0 saturated carbocycles. The lowest BCUT2D eigenvalue weighted by Crippen LogP contribution is -2.21. The van der Waals surface area contributed by atoms with E-state index in [1.807, 2.05) is 5.38 Å². The molecule has 0 bridgehead atoms. The summed E-state index contributed by atoms with van der Waals surface area (Å²) in [6, 6.07) is 0. The molecular weight excluding hydrogens is 258 g/mol. The summed E-state index contributed by atoms with van der Waals surface area (Å²) in [6.07, 6.45) is 1.53. The van der Waals surface area contributed by atoms with E-state index in [9.17, 15) is 0 Å². The van der Waals surface area contributed by atoms with Gasteiger partial charge in [0.25, 0.3) is 0 Å². The maximum Gasteiger partial charge on any atom is 0.213 e. The molecule has 0 aromatic carbocycles. The van der Waals surface area contributed by atoms with Crippen molar-refractivity contribution in [2.24, 2.45) is 16.5 Å². The van der Waals surface area contributed by atoms with Crippen LogP contribution < -0.4 is 11.5 Å². The van der Waals surface area contributed by atoms with Crippen molar-refractivity contribution >= 4 is 40.1 Å². The lowest BCUT2D eigenvalue weighted by atomic mass is 10.3. The van der Waals surface area contributed by atoms with Gasteiger partial charge in [-0.2, -0.15) is 4.99 Å². The van der Waals surface area contributed by atoms with E-state index in [2.05, 4.69) is 9.98 Å². The summed E-state index contributed by atoms with van der Waals surface area (Å²) in [5, 5.41) is 10.7. The standard InChI is InChI=1S/C9H15N5OS2/c1-15-6(10)3-2-4-16-7-5-17-9(13-7)14-8(11)12/h5,10H,2-4H2,1H3,(H4,11,12,13,14). The van der Waals surface area contributed by atoms with Gasteiger partial charge in [0.1, 0.15) is 5.03 Å². The molecule has 5 N–H and O–H groups in total. The zero-order valence-electron chi connectivity index (χ0n) is 9.47. The molecule has 17 heavy (non-hydrogen) atoms. The van der Waals surface area contributed by atoms with Gasteiger partial charge >= 0.3 is 0 Å². The van der Waals surface area contributed by atoms with E-state index in [1.54, 1.807) is 11.8 Å². The predicted octanol–water partition coefficient (Wildman–Crippen LogP) is 1.54. The molecule has 94 valence electrons. The monoisotopic (exact) mass is 273 g/mol. The quantitative estimate of drug-likeness (QED) is 0.315. The summed E-state index contributed by atoms with van der Waals surface area (Å²) in [5.41, 5.74) is 10.5. The number of aromatic nitrogens is 1. The van der Waals surface area contributed by atoms with Crippen LogP contribution in [0.1, 0.15) is 12.8 Å². The number of ether oxygens (including phenoxy) is 1. The number of thiazole rings is 1. The first-order valence-corrected chi connectivity index (χ1v) is 6.77. The normalized spacial score (nSPS) is 9.94. The summed E-state index contributed by atoms with van der Waals surface area (Å²) in [7, 11) is 1.51. The van der Waals surface area contributed by atoms with Crippen molar-refractivity contribution in [1.29, 1.82) is 5.41 Å². The minimum Gasteiger partial charge on any atom is -0.484 e. The van der Waals surface area contributed by atoms with Crippen molar-refractivity contribution in [2.45, 2.75) is 17.9 Å². The number of hydrogen-bond donors (Lipinski definition) is 3. The van der Waals surface area contributed by atoms with E-state index in [1.165, 1.54) is 18.4 Å². The van der Waals surface area contributed by atoms with Crippen molar-refractivity contribution in [3.8, 4) is 0 Å². The molecule has 0 spiro atoms. The van der Waals surface area contributed by atoms with E-state index < -0.39 is 0 Å². The van der Waals surface area contributed by atoms with Gasteiger partial charge in [0.05, 0.1) is 7.11 Å². The molecule has 0 unspecified atom stereocenters. The number of hydrogen-bond acceptors (Lipinski definition) is 6. The lowest BCUT2D eigenvalue weighted by Gasteiger charge is -2.00. The van der Waals surface area contributed by atoms with Crippen molar-refractivity contribution in [3.05, 3.63) is 5.38 Å². The summed E-state index contributed by atoms with van der Waals surface area (Å²) in [6.45, 7) is 0. The van der Waals surface area contributed by atoms with Crippen LogP contribution in [0.3, 0.4) is 0 Å². The Morgan fingerprint density at radius 1 is 1.65 bits per heavy atom. The first-order valence-electron chi connectivity index (χ1n) is 4.91. The summed E-state index contributed by atoms with van der Waals surface area (Å²) in [4.78, 5) is 8.10. The fourth-order valence-electron chi connectivity index (χ4n) is 0.990. The minimum atomic E-state index is 0.0180. The average molecular weight is 273 g/mol.